The van der Waals surface area contributed by atoms with Crippen molar-refractivity contribution in [3.05, 3.63) is 0 Å². The zero-order valence-electron chi connectivity index (χ0n) is 12.6. The Hall–Kier alpha value is -1.10. The fraction of sp³-hybridized carbons (Fsp3) is 0.857. The molecule has 1 rings (SSSR count). The van der Waals surface area contributed by atoms with Crippen LogP contribution in [-0.2, 0) is 19.1 Å². The molecule has 0 unspecified atom stereocenters. The Morgan fingerprint density at radius 3 is 2.16 bits per heavy atom. The molecule has 1 aliphatic heterocycles. The fourth-order valence-electron chi connectivity index (χ4n) is 1.67. The van der Waals surface area contributed by atoms with Gasteiger partial charge in [0, 0.05) is 0 Å². The van der Waals surface area contributed by atoms with Gasteiger partial charge in [0.25, 0.3) is 0 Å². The second kappa shape index (κ2) is 10.8. The van der Waals surface area contributed by atoms with E-state index in [4.69, 9.17) is 9.47 Å². The van der Waals surface area contributed by atoms with Gasteiger partial charge in [0.15, 0.2) is 0 Å². The Bertz CT molecular complexity index is 260. The summed E-state index contributed by atoms with van der Waals surface area (Å²) in [7, 11) is 0. The van der Waals surface area contributed by atoms with Crippen molar-refractivity contribution >= 4 is 11.9 Å². The molecule has 1 heterocycles. The lowest BCUT2D eigenvalue weighted by Gasteiger charge is -2.25. The first-order valence-electron chi connectivity index (χ1n) is 7.14. The average Bonchev–Trinajstić information content (AvgIpc) is 2.42. The van der Waals surface area contributed by atoms with E-state index in [0.29, 0.717) is 6.54 Å². The Kier molecular flexibility index (Phi) is 10.2. The monoisotopic (exact) mass is 273 g/mol. The molecular formula is C14H27NO4. The summed E-state index contributed by atoms with van der Waals surface area (Å²) in [5.74, 6) is -0.880. The summed E-state index contributed by atoms with van der Waals surface area (Å²) in [6.45, 7) is 9.38. The molecule has 0 N–H and O–H groups in total. The van der Waals surface area contributed by atoms with Crippen molar-refractivity contribution < 1.29 is 19.1 Å². The first kappa shape index (κ1) is 17.9. The zero-order chi connectivity index (χ0) is 14.7. The molecular weight excluding hydrogens is 246 g/mol. The van der Waals surface area contributed by atoms with Crippen molar-refractivity contribution in [1.29, 1.82) is 0 Å². The molecule has 0 aliphatic carbocycles. The topological polar surface area (TPSA) is 55.8 Å². The highest BCUT2D eigenvalue weighted by molar-refractivity contribution is 5.73. The van der Waals surface area contributed by atoms with Gasteiger partial charge in [-0.3, -0.25) is 14.5 Å². The van der Waals surface area contributed by atoms with Gasteiger partial charge in [-0.15, -0.1) is 0 Å². The van der Waals surface area contributed by atoms with Crippen molar-refractivity contribution in [1.82, 2.24) is 4.90 Å². The van der Waals surface area contributed by atoms with E-state index in [0.717, 1.165) is 25.9 Å². The first-order valence-corrected chi connectivity index (χ1v) is 7.14. The summed E-state index contributed by atoms with van der Waals surface area (Å²) in [5, 5.41) is 0. The Morgan fingerprint density at radius 1 is 1.05 bits per heavy atom. The number of carbonyl (C=O) groups excluding carboxylic acids is 2. The molecule has 5 heteroatoms. The van der Waals surface area contributed by atoms with Crippen LogP contribution in [0.25, 0.3) is 0 Å². The van der Waals surface area contributed by atoms with Crippen LogP contribution in [0.2, 0.25) is 0 Å². The van der Waals surface area contributed by atoms with Crippen LogP contribution >= 0.6 is 0 Å². The summed E-state index contributed by atoms with van der Waals surface area (Å²) < 4.78 is 9.60. The van der Waals surface area contributed by atoms with Gasteiger partial charge in [-0.1, -0.05) is 34.1 Å². The van der Waals surface area contributed by atoms with Gasteiger partial charge in [-0.25, -0.2) is 0 Å². The Morgan fingerprint density at radius 2 is 1.63 bits per heavy atom. The number of hydrogen-bond acceptors (Lipinski definition) is 5. The van der Waals surface area contributed by atoms with E-state index in [2.05, 4.69) is 4.90 Å². The van der Waals surface area contributed by atoms with Crippen molar-refractivity contribution in [2.45, 2.75) is 47.0 Å². The second-order valence-electron chi connectivity index (χ2n) is 4.59. The average molecular weight is 273 g/mol. The summed E-state index contributed by atoms with van der Waals surface area (Å²) >= 11 is 0. The molecule has 0 saturated carbocycles. The molecule has 0 bridgehead atoms. The maximum absolute atomic E-state index is 11.4. The standard InChI is InChI=1S/C12H21NO4.C2H6/c1-10(2)12(15)17-9-16-11(14)8-13-6-4-3-5-7-13;1-2/h10H,3-9H2,1-2H3;1-2H3. The molecule has 0 atom stereocenters. The summed E-state index contributed by atoms with van der Waals surface area (Å²) in [5.41, 5.74) is 0. The minimum Gasteiger partial charge on any atom is -0.428 e. The van der Waals surface area contributed by atoms with E-state index in [1.54, 1.807) is 13.8 Å². The van der Waals surface area contributed by atoms with E-state index in [1.807, 2.05) is 13.8 Å². The number of piperidine rings is 1. The third-order valence-electron chi connectivity index (χ3n) is 2.69. The number of ether oxygens (including phenoxy) is 2. The van der Waals surface area contributed by atoms with Crippen molar-refractivity contribution in [2.24, 2.45) is 5.92 Å². The lowest BCUT2D eigenvalue weighted by atomic mass is 10.1. The van der Waals surface area contributed by atoms with E-state index in [9.17, 15) is 9.59 Å². The van der Waals surface area contributed by atoms with E-state index in [-0.39, 0.29) is 24.6 Å². The predicted octanol–water partition coefficient (Wildman–Crippen LogP) is 2.20. The SMILES string of the molecule is CC.CC(C)C(=O)OCOC(=O)CN1CCCCC1. The van der Waals surface area contributed by atoms with Crippen molar-refractivity contribution in [2.75, 3.05) is 26.4 Å². The number of likely N-dealkylation sites (tertiary alicyclic amines) is 1. The molecule has 1 fully saturated rings. The highest BCUT2D eigenvalue weighted by Crippen LogP contribution is 2.08. The summed E-state index contributed by atoms with van der Waals surface area (Å²) in [4.78, 5) is 24.6. The molecule has 1 saturated heterocycles. The van der Waals surface area contributed by atoms with Crippen molar-refractivity contribution in [3.63, 3.8) is 0 Å². The van der Waals surface area contributed by atoms with Gasteiger partial charge in [-0.2, -0.15) is 0 Å². The van der Waals surface area contributed by atoms with Gasteiger partial charge in [0.2, 0.25) is 6.79 Å². The predicted molar refractivity (Wildman–Crippen MR) is 73.5 cm³/mol. The molecule has 5 nitrogen and oxygen atoms in total. The molecule has 1 aliphatic rings. The highest BCUT2D eigenvalue weighted by atomic mass is 16.7. The zero-order valence-corrected chi connectivity index (χ0v) is 12.6. The normalized spacial score (nSPS) is 15.4. The van der Waals surface area contributed by atoms with Gasteiger partial charge < -0.3 is 9.47 Å². The lowest BCUT2D eigenvalue weighted by molar-refractivity contribution is -0.170. The third kappa shape index (κ3) is 8.59. The number of esters is 2. The van der Waals surface area contributed by atoms with E-state index < -0.39 is 0 Å². The maximum atomic E-state index is 11.4. The Labute approximate surface area is 116 Å². The molecule has 0 aromatic heterocycles. The third-order valence-corrected chi connectivity index (χ3v) is 2.69. The molecule has 0 spiro atoms. The molecule has 0 aromatic rings. The van der Waals surface area contributed by atoms with Crippen LogP contribution in [0.5, 0.6) is 0 Å². The summed E-state index contributed by atoms with van der Waals surface area (Å²) in [6.07, 6.45) is 3.50. The van der Waals surface area contributed by atoms with Gasteiger partial charge in [0.1, 0.15) is 0 Å². The molecule has 19 heavy (non-hydrogen) atoms. The number of hydrogen-bond donors (Lipinski definition) is 0. The smallest absolute Gasteiger partial charge is 0.323 e. The minimum absolute atomic E-state index is 0.198. The summed E-state index contributed by atoms with van der Waals surface area (Å²) in [6, 6.07) is 0. The van der Waals surface area contributed by atoms with Crippen LogP contribution in [0, 0.1) is 5.92 Å². The second-order valence-corrected chi connectivity index (χ2v) is 4.59. The number of carbonyl (C=O) groups is 2. The fourth-order valence-corrected chi connectivity index (χ4v) is 1.67. The van der Waals surface area contributed by atoms with Crippen LogP contribution in [0.4, 0.5) is 0 Å². The molecule has 0 amide bonds. The molecule has 0 aromatic carbocycles. The largest absolute Gasteiger partial charge is 0.428 e. The first-order chi connectivity index (χ1) is 9.09. The minimum atomic E-state index is -0.351. The maximum Gasteiger partial charge on any atom is 0.323 e. The number of rotatable bonds is 5. The lowest BCUT2D eigenvalue weighted by Crippen LogP contribution is -2.35. The quantitative estimate of drug-likeness (QED) is 0.568. The van der Waals surface area contributed by atoms with Crippen LogP contribution in [0.3, 0.4) is 0 Å². The molecule has 112 valence electrons. The van der Waals surface area contributed by atoms with Crippen molar-refractivity contribution in [3.8, 4) is 0 Å². The van der Waals surface area contributed by atoms with Gasteiger partial charge >= 0.3 is 11.9 Å². The van der Waals surface area contributed by atoms with Crippen LogP contribution < -0.4 is 0 Å². The van der Waals surface area contributed by atoms with Crippen LogP contribution in [0.1, 0.15) is 47.0 Å². The van der Waals surface area contributed by atoms with Crippen LogP contribution in [-0.4, -0.2) is 43.3 Å². The van der Waals surface area contributed by atoms with E-state index >= 15 is 0 Å². The Balaban J connectivity index is 0.00000154. The van der Waals surface area contributed by atoms with Crippen LogP contribution in [0.15, 0.2) is 0 Å². The number of nitrogens with zero attached hydrogens (tertiary/aromatic N) is 1. The van der Waals surface area contributed by atoms with Gasteiger partial charge in [0.05, 0.1) is 12.5 Å². The van der Waals surface area contributed by atoms with Gasteiger partial charge in [-0.05, 0) is 25.9 Å². The van der Waals surface area contributed by atoms with E-state index in [1.165, 1.54) is 6.42 Å². The molecule has 0 radical (unpaired) electrons. The highest BCUT2D eigenvalue weighted by Gasteiger charge is 2.15.